The van der Waals surface area contributed by atoms with Crippen molar-refractivity contribution in [1.82, 2.24) is 15.2 Å². The summed E-state index contributed by atoms with van der Waals surface area (Å²) in [5, 5.41) is 3.36. The van der Waals surface area contributed by atoms with Gasteiger partial charge in [0.1, 0.15) is 0 Å². The van der Waals surface area contributed by atoms with Gasteiger partial charge < -0.3 is 15.1 Å². The molecule has 1 aromatic heterocycles. The maximum Gasteiger partial charge on any atom is 0.254 e. The van der Waals surface area contributed by atoms with E-state index < -0.39 is 0 Å². The number of rotatable bonds is 2. The highest BCUT2D eigenvalue weighted by molar-refractivity contribution is 5.98. The molecular formula is C20H23ClN4O2. The van der Waals surface area contributed by atoms with Gasteiger partial charge in [0, 0.05) is 56.7 Å². The molecule has 2 aliphatic rings. The maximum absolute atomic E-state index is 13.2. The molecule has 0 spiro atoms. The third-order valence-corrected chi connectivity index (χ3v) is 5.18. The smallest absolute Gasteiger partial charge is 0.254 e. The van der Waals surface area contributed by atoms with E-state index in [0.29, 0.717) is 18.7 Å². The molecule has 1 saturated heterocycles. The van der Waals surface area contributed by atoms with Crippen LogP contribution in [0.2, 0.25) is 0 Å². The minimum atomic E-state index is -0.0214. The number of hydrogen-bond acceptors (Lipinski definition) is 4. The van der Waals surface area contributed by atoms with Gasteiger partial charge in [-0.05, 0) is 41.8 Å². The van der Waals surface area contributed by atoms with E-state index in [-0.39, 0.29) is 30.3 Å². The van der Waals surface area contributed by atoms with Gasteiger partial charge >= 0.3 is 0 Å². The van der Waals surface area contributed by atoms with Gasteiger partial charge in [-0.25, -0.2) is 0 Å². The molecule has 0 aliphatic carbocycles. The fourth-order valence-electron chi connectivity index (χ4n) is 3.85. The van der Waals surface area contributed by atoms with Crippen molar-refractivity contribution in [1.29, 1.82) is 0 Å². The Morgan fingerprint density at radius 3 is 2.81 bits per heavy atom. The summed E-state index contributed by atoms with van der Waals surface area (Å²) in [6, 6.07) is 9.58. The number of halogens is 1. The summed E-state index contributed by atoms with van der Waals surface area (Å²) in [6.45, 7) is 4.43. The molecule has 27 heavy (non-hydrogen) atoms. The largest absolute Gasteiger partial charge is 0.329 e. The fourth-order valence-corrected chi connectivity index (χ4v) is 3.85. The average Bonchev–Trinajstić information content (AvgIpc) is 3.11. The first-order chi connectivity index (χ1) is 12.6. The highest BCUT2D eigenvalue weighted by atomic mass is 35.5. The van der Waals surface area contributed by atoms with Gasteiger partial charge in [-0.15, -0.1) is 12.4 Å². The number of amides is 2. The van der Waals surface area contributed by atoms with Crippen molar-refractivity contribution >= 4 is 29.9 Å². The Hall–Kier alpha value is -2.44. The van der Waals surface area contributed by atoms with Gasteiger partial charge in [-0.1, -0.05) is 6.07 Å². The number of fused-ring (bicyclic) bond motifs is 1. The van der Waals surface area contributed by atoms with E-state index in [1.807, 2.05) is 41.4 Å². The molecule has 6 nitrogen and oxygen atoms in total. The number of piperazine rings is 1. The van der Waals surface area contributed by atoms with Crippen LogP contribution in [0.4, 0.5) is 5.69 Å². The van der Waals surface area contributed by atoms with E-state index >= 15 is 0 Å². The standard InChI is InChI=1S/C20H22N4O2.ClH/c1-14(25)23-9-6-15-11-16(4-5-18(15)23)20(26)24-10-8-22-13-19(24)17-3-2-7-21-12-17;/h2-5,7,11-12,19,22H,6,8-10,13H2,1H3;1H. The Balaban J connectivity index is 0.00000210. The number of hydrogen-bond donors (Lipinski definition) is 1. The molecule has 1 unspecified atom stereocenters. The Labute approximate surface area is 165 Å². The van der Waals surface area contributed by atoms with Crippen LogP contribution in [0.3, 0.4) is 0 Å². The molecule has 1 N–H and O–H groups in total. The second-order valence-electron chi connectivity index (χ2n) is 6.77. The third kappa shape index (κ3) is 3.68. The summed E-state index contributed by atoms with van der Waals surface area (Å²) >= 11 is 0. The summed E-state index contributed by atoms with van der Waals surface area (Å²) in [5.41, 5.74) is 3.72. The molecule has 0 bridgehead atoms. The highest BCUT2D eigenvalue weighted by Crippen LogP contribution is 2.30. The van der Waals surface area contributed by atoms with Crippen LogP contribution in [0, 0.1) is 0 Å². The number of nitrogens with one attached hydrogen (secondary N) is 1. The number of benzene rings is 1. The van der Waals surface area contributed by atoms with Crippen LogP contribution >= 0.6 is 12.4 Å². The molecule has 1 atom stereocenters. The number of anilines is 1. The number of pyridine rings is 1. The van der Waals surface area contributed by atoms with E-state index in [2.05, 4.69) is 10.3 Å². The van der Waals surface area contributed by atoms with E-state index in [4.69, 9.17) is 0 Å². The van der Waals surface area contributed by atoms with Crippen LogP contribution in [0.25, 0.3) is 0 Å². The van der Waals surface area contributed by atoms with Crippen molar-refractivity contribution in [3.05, 3.63) is 59.4 Å². The van der Waals surface area contributed by atoms with Crippen LogP contribution in [0.1, 0.15) is 34.5 Å². The van der Waals surface area contributed by atoms with Gasteiger partial charge in [0.15, 0.2) is 0 Å². The molecule has 2 amide bonds. The molecule has 142 valence electrons. The molecule has 4 rings (SSSR count). The lowest BCUT2D eigenvalue weighted by Gasteiger charge is -2.36. The van der Waals surface area contributed by atoms with Gasteiger partial charge in [-0.3, -0.25) is 14.6 Å². The number of aromatic nitrogens is 1. The van der Waals surface area contributed by atoms with Crippen molar-refractivity contribution in [2.45, 2.75) is 19.4 Å². The number of carbonyl (C=O) groups is 2. The minimum absolute atomic E-state index is 0. The van der Waals surface area contributed by atoms with Crippen molar-refractivity contribution in [3.8, 4) is 0 Å². The fraction of sp³-hybridized carbons (Fsp3) is 0.350. The monoisotopic (exact) mass is 386 g/mol. The lowest BCUT2D eigenvalue weighted by molar-refractivity contribution is -0.116. The highest BCUT2D eigenvalue weighted by Gasteiger charge is 2.30. The van der Waals surface area contributed by atoms with Crippen LogP contribution in [0.15, 0.2) is 42.7 Å². The Bertz CT molecular complexity index is 843. The van der Waals surface area contributed by atoms with Crippen molar-refractivity contribution in [2.24, 2.45) is 0 Å². The van der Waals surface area contributed by atoms with Gasteiger partial charge in [-0.2, -0.15) is 0 Å². The SMILES string of the molecule is CC(=O)N1CCc2cc(C(=O)N3CCNCC3c3cccnc3)ccc21.Cl. The maximum atomic E-state index is 13.2. The number of carbonyl (C=O) groups excluding carboxylic acids is 2. The van der Waals surface area contributed by atoms with Gasteiger partial charge in [0.25, 0.3) is 5.91 Å². The summed E-state index contributed by atoms with van der Waals surface area (Å²) in [7, 11) is 0. The third-order valence-electron chi connectivity index (χ3n) is 5.18. The first kappa shape index (κ1) is 19.3. The topological polar surface area (TPSA) is 65.5 Å². The number of nitrogens with zero attached hydrogens (tertiary/aromatic N) is 3. The molecule has 1 fully saturated rings. The predicted molar refractivity (Wildman–Crippen MR) is 106 cm³/mol. The first-order valence-corrected chi connectivity index (χ1v) is 8.98. The van der Waals surface area contributed by atoms with Gasteiger partial charge in [0.05, 0.1) is 6.04 Å². The second-order valence-corrected chi connectivity index (χ2v) is 6.77. The normalized spacial score (nSPS) is 18.6. The predicted octanol–water partition coefficient (Wildman–Crippen LogP) is 2.20. The van der Waals surface area contributed by atoms with Crippen LogP contribution in [0.5, 0.6) is 0 Å². The zero-order valence-electron chi connectivity index (χ0n) is 15.2. The van der Waals surface area contributed by atoms with E-state index in [0.717, 1.165) is 36.3 Å². The first-order valence-electron chi connectivity index (χ1n) is 8.98. The molecule has 2 aromatic rings. The van der Waals surface area contributed by atoms with Crippen molar-refractivity contribution in [3.63, 3.8) is 0 Å². The van der Waals surface area contributed by atoms with E-state index in [1.54, 1.807) is 18.0 Å². The molecular weight excluding hydrogens is 364 g/mol. The molecule has 2 aliphatic heterocycles. The quantitative estimate of drug-likeness (QED) is 0.859. The lowest BCUT2D eigenvalue weighted by Crippen LogP contribution is -2.48. The van der Waals surface area contributed by atoms with Crippen LogP contribution in [-0.4, -0.2) is 47.9 Å². The molecule has 0 radical (unpaired) electrons. The van der Waals surface area contributed by atoms with Crippen molar-refractivity contribution in [2.75, 3.05) is 31.1 Å². The molecule has 0 saturated carbocycles. The van der Waals surface area contributed by atoms with Crippen molar-refractivity contribution < 1.29 is 9.59 Å². The second kappa shape index (κ2) is 8.06. The van der Waals surface area contributed by atoms with Crippen LogP contribution < -0.4 is 10.2 Å². The summed E-state index contributed by atoms with van der Waals surface area (Å²) in [4.78, 5) is 32.8. The average molecular weight is 387 g/mol. The molecule has 7 heteroatoms. The Morgan fingerprint density at radius 1 is 1.22 bits per heavy atom. The molecule has 3 heterocycles. The van der Waals surface area contributed by atoms with E-state index in [1.165, 1.54) is 0 Å². The summed E-state index contributed by atoms with van der Waals surface area (Å²) < 4.78 is 0. The molecule has 1 aromatic carbocycles. The Kier molecular flexibility index (Phi) is 5.77. The van der Waals surface area contributed by atoms with Gasteiger partial charge in [0.2, 0.25) is 5.91 Å². The minimum Gasteiger partial charge on any atom is -0.329 e. The summed E-state index contributed by atoms with van der Waals surface area (Å²) in [6.07, 6.45) is 4.36. The van der Waals surface area contributed by atoms with E-state index in [9.17, 15) is 9.59 Å². The lowest BCUT2D eigenvalue weighted by atomic mass is 10.0. The summed E-state index contributed by atoms with van der Waals surface area (Å²) in [5.74, 6) is 0.0750. The Morgan fingerprint density at radius 2 is 2.07 bits per heavy atom. The van der Waals surface area contributed by atoms with Crippen LogP contribution in [-0.2, 0) is 11.2 Å². The zero-order valence-corrected chi connectivity index (χ0v) is 16.0. The zero-order chi connectivity index (χ0) is 18.1.